The van der Waals surface area contributed by atoms with Crippen LogP contribution in [0.4, 0.5) is 34.1 Å². The molecule has 0 spiro atoms. The second kappa shape index (κ2) is 13.2. The summed E-state index contributed by atoms with van der Waals surface area (Å²) < 4.78 is 29.9. The minimum Gasteiger partial charge on any atom is -0.311 e. The van der Waals surface area contributed by atoms with Crippen LogP contribution in [0.5, 0.6) is 0 Å². The van der Waals surface area contributed by atoms with Crippen molar-refractivity contribution in [3.05, 3.63) is 161 Å². The quantitative estimate of drug-likeness (QED) is 0.164. The topological polar surface area (TPSA) is 6.48 Å². The number of nitrogens with zero attached hydrogens (tertiary/aromatic N) is 2. The monoisotopic (exact) mass is 839 g/mol. The van der Waals surface area contributed by atoms with Gasteiger partial charge in [-0.1, -0.05) is 134 Å². The first-order chi connectivity index (χ1) is 31.3. The number of thiophene rings is 1. The normalized spacial score (nSPS) is 19.3. The van der Waals surface area contributed by atoms with Crippen LogP contribution in [0.1, 0.15) is 113 Å². The molecule has 0 saturated heterocycles. The van der Waals surface area contributed by atoms with E-state index in [1.54, 1.807) is 0 Å². The molecule has 0 N–H and O–H groups in total. The van der Waals surface area contributed by atoms with E-state index in [0.29, 0.717) is 5.56 Å². The third kappa shape index (κ3) is 5.69. The molecule has 12 rings (SSSR count). The molecule has 3 heterocycles. The van der Waals surface area contributed by atoms with Crippen LogP contribution >= 0.6 is 11.3 Å². The first-order valence-corrected chi connectivity index (χ1v) is 23.9. The van der Waals surface area contributed by atoms with Gasteiger partial charge in [-0.05, 0) is 164 Å². The van der Waals surface area contributed by atoms with Crippen molar-refractivity contribution in [2.75, 3.05) is 9.80 Å². The molecule has 0 fully saturated rings. The molecule has 0 unspecified atom stereocenters. The van der Waals surface area contributed by atoms with E-state index < -0.39 is 6.85 Å². The zero-order chi connectivity index (χ0) is 45.9. The van der Waals surface area contributed by atoms with Crippen molar-refractivity contribution < 1.29 is 4.11 Å². The zero-order valence-corrected chi connectivity index (χ0v) is 38.7. The highest BCUT2D eigenvalue weighted by Gasteiger charge is 2.47. The van der Waals surface area contributed by atoms with Crippen molar-refractivity contribution in [1.82, 2.24) is 0 Å². The lowest BCUT2D eigenvalue weighted by Crippen LogP contribution is -2.62. The van der Waals surface area contributed by atoms with E-state index in [2.05, 4.69) is 187 Å². The van der Waals surface area contributed by atoms with E-state index in [1.807, 2.05) is 23.5 Å². The fourth-order valence-electron chi connectivity index (χ4n) is 12.1. The highest BCUT2D eigenvalue weighted by molar-refractivity contribution is 7.26. The van der Waals surface area contributed by atoms with Crippen LogP contribution in [0.15, 0.2) is 133 Å². The van der Waals surface area contributed by atoms with Gasteiger partial charge in [-0.25, -0.2) is 0 Å². The van der Waals surface area contributed by atoms with Crippen LogP contribution in [0.25, 0.3) is 31.3 Å². The maximum Gasteiger partial charge on any atom is 0.252 e. The highest BCUT2D eigenvalue weighted by Crippen LogP contribution is 2.53. The molecular formula is C59H57BN2S. The minimum atomic E-state index is -2.37. The predicted octanol–water partition coefficient (Wildman–Crippen LogP) is 14.8. The van der Waals surface area contributed by atoms with Gasteiger partial charge in [-0.2, -0.15) is 0 Å². The lowest BCUT2D eigenvalue weighted by molar-refractivity contribution is 0.332. The number of anilines is 6. The molecule has 312 valence electrons. The average Bonchev–Trinajstić information content (AvgIpc) is 3.68. The first-order valence-electron chi connectivity index (χ1n) is 24.5. The van der Waals surface area contributed by atoms with Gasteiger partial charge >= 0.3 is 0 Å². The van der Waals surface area contributed by atoms with Crippen LogP contribution in [0.2, 0.25) is 0 Å². The summed E-state index contributed by atoms with van der Waals surface area (Å²) in [5.41, 5.74) is 18.1. The molecule has 0 amide bonds. The molecule has 7 aromatic carbocycles. The SMILES string of the molecule is [2H]C([2H])([2H])c1cc2c3c(c1)N(c1cccc4sc5ccccc5c14)c1cc(-c4ccccc4)ccc1B3c1cc3c(cc1N2c1ccc2c(c1)C(C)(C)CCC2(C)C)C(C)(C)CCC3(C)C. The molecule has 4 heteroatoms. The van der Waals surface area contributed by atoms with E-state index in [0.717, 1.165) is 76.4 Å². The van der Waals surface area contributed by atoms with Gasteiger partial charge in [0, 0.05) is 52.7 Å². The summed E-state index contributed by atoms with van der Waals surface area (Å²) in [4.78, 5) is 4.90. The second-order valence-electron chi connectivity index (χ2n) is 21.6. The summed E-state index contributed by atoms with van der Waals surface area (Å²) in [7, 11) is 0. The molecule has 0 atom stereocenters. The fraction of sp³-hybridized carbons (Fsp3) is 0.288. The molecule has 0 saturated carbocycles. The Kier molecular flexibility index (Phi) is 7.53. The van der Waals surface area contributed by atoms with E-state index in [-0.39, 0.29) is 28.4 Å². The molecule has 63 heavy (non-hydrogen) atoms. The smallest absolute Gasteiger partial charge is 0.252 e. The van der Waals surface area contributed by atoms with Crippen LogP contribution in [0, 0.1) is 6.85 Å². The molecule has 2 aliphatic carbocycles. The minimum absolute atomic E-state index is 0.0158. The Bertz CT molecular complexity index is 3340. The average molecular weight is 840 g/mol. The number of hydrogen-bond donors (Lipinski definition) is 0. The molecule has 0 radical (unpaired) electrons. The summed E-state index contributed by atoms with van der Waals surface area (Å²) in [5, 5.41) is 2.39. The van der Waals surface area contributed by atoms with E-state index in [1.165, 1.54) is 53.4 Å². The Hall–Kier alpha value is -5.58. The van der Waals surface area contributed by atoms with Crippen LogP contribution < -0.4 is 26.2 Å². The Balaban J connectivity index is 1.24. The lowest BCUT2D eigenvalue weighted by atomic mass is 9.33. The molecule has 0 bridgehead atoms. The molecule has 8 aromatic rings. The van der Waals surface area contributed by atoms with Crippen molar-refractivity contribution in [2.24, 2.45) is 0 Å². The molecule has 1 aromatic heterocycles. The Morgan fingerprint density at radius 2 is 1.10 bits per heavy atom. The van der Waals surface area contributed by atoms with Gasteiger partial charge in [0.2, 0.25) is 0 Å². The van der Waals surface area contributed by atoms with Gasteiger partial charge in [0.15, 0.2) is 0 Å². The number of rotatable bonds is 3. The van der Waals surface area contributed by atoms with Gasteiger partial charge in [0.25, 0.3) is 6.71 Å². The molecule has 2 nitrogen and oxygen atoms in total. The van der Waals surface area contributed by atoms with E-state index >= 15 is 0 Å². The van der Waals surface area contributed by atoms with Crippen LogP contribution in [-0.4, -0.2) is 6.71 Å². The van der Waals surface area contributed by atoms with Gasteiger partial charge in [-0.3, -0.25) is 0 Å². The molecule has 2 aliphatic heterocycles. The van der Waals surface area contributed by atoms with Crippen LogP contribution in [0.3, 0.4) is 0 Å². The third-order valence-corrected chi connectivity index (χ3v) is 17.0. The van der Waals surface area contributed by atoms with Crippen molar-refractivity contribution in [2.45, 2.75) is 110 Å². The van der Waals surface area contributed by atoms with Gasteiger partial charge < -0.3 is 9.80 Å². The van der Waals surface area contributed by atoms with Gasteiger partial charge in [0.05, 0.1) is 5.69 Å². The van der Waals surface area contributed by atoms with Crippen molar-refractivity contribution >= 4 is 88.7 Å². The lowest BCUT2D eigenvalue weighted by Gasteiger charge is -2.48. The van der Waals surface area contributed by atoms with E-state index in [4.69, 9.17) is 4.11 Å². The van der Waals surface area contributed by atoms with Crippen molar-refractivity contribution in [3.63, 3.8) is 0 Å². The summed E-state index contributed by atoms with van der Waals surface area (Å²) >= 11 is 1.82. The first kappa shape index (κ1) is 35.8. The standard InChI is InChI=1S/C59H57BN2S/c1-36-30-50-55-51(31-36)62(47-19-15-21-53-54(47)40-18-13-14-20-52(40)63-53)48-32-38(37-16-11-10-12-17-37)22-25-45(48)60(55)46-34-43-44(59(8,9)29-28-58(43,6)7)35-49(46)61(50)39-23-24-41-42(33-39)57(4,5)27-26-56(41,2)3/h10-25,30-35H,26-29H2,1-9H3/i1D3. The Labute approximate surface area is 382 Å². The summed E-state index contributed by atoms with van der Waals surface area (Å²) in [6, 6.07) is 49.4. The van der Waals surface area contributed by atoms with Gasteiger partial charge in [0.1, 0.15) is 0 Å². The number of hydrogen-bond acceptors (Lipinski definition) is 3. The summed E-state index contributed by atoms with van der Waals surface area (Å²) in [6.07, 6.45) is 4.46. The number of benzene rings is 7. The maximum absolute atomic E-state index is 9.16. The highest BCUT2D eigenvalue weighted by atomic mass is 32.1. The molecular weight excluding hydrogens is 780 g/mol. The third-order valence-electron chi connectivity index (χ3n) is 15.9. The molecule has 4 aliphatic rings. The maximum atomic E-state index is 9.16. The zero-order valence-electron chi connectivity index (χ0n) is 40.9. The fourth-order valence-corrected chi connectivity index (χ4v) is 13.2. The Morgan fingerprint density at radius 3 is 1.83 bits per heavy atom. The summed E-state index contributed by atoms with van der Waals surface area (Å²) in [6.45, 7) is 16.7. The van der Waals surface area contributed by atoms with Crippen LogP contribution in [-0.2, 0) is 21.7 Å². The second-order valence-corrected chi connectivity index (χ2v) is 22.7. The number of aryl methyl sites for hydroxylation is 1. The predicted molar refractivity (Wildman–Crippen MR) is 274 cm³/mol. The van der Waals surface area contributed by atoms with Crippen molar-refractivity contribution in [3.8, 4) is 11.1 Å². The Morgan fingerprint density at radius 1 is 0.476 bits per heavy atom. The summed E-state index contributed by atoms with van der Waals surface area (Å²) in [5.74, 6) is 0. The largest absolute Gasteiger partial charge is 0.311 e. The number of fused-ring (bicyclic) bond motifs is 9. The van der Waals surface area contributed by atoms with Crippen molar-refractivity contribution in [1.29, 1.82) is 0 Å². The van der Waals surface area contributed by atoms with E-state index in [9.17, 15) is 0 Å². The van der Waals surface area contributed by atoms with Gasteiger partial charge in [-0.15, -0.1) is 11.3 Å².